The van der Waals surface area contributed by atoms with Crippen LogP contribution in [-0.2, 0) is 22.4 Å². The first kappa shape index (κ1) is 24.9. The smallest absolute Gasteiger partial charge is 0.352 e. The van der Waals surface area contributed by atoms with Crippen molar-refractivity contribution < 1.29 is 34.8 Å². The Morgan fingerprint density at radius 2 is 1.37 bits per heavy atom. The fourth-order valence-electron chi connectivity index (χ4n) is 3.62. The van der Waals surface area contributed by atoms with E-state index in [1.165, 1.54) is 0 Å². The Kier molecular flexibility index (Phi) is 6.25. The molecule has 1 saturated heterocycles. The van der Waals surface area contributed by atoms with E-state index in [-0.39, 0.29) is 44.4 Å². The highest BCUT2D eigenvalue weighted by molar-refractivity contribution is 7.89. The molecule has 1 aromatic carbocycles. The van der Waals surface area contributed by atoms with E-state index >= 15 is 0 Å². The van der Waals surface area contributed by atoms with Crippen molar-refractivity contribution in [1.82, 2.24) is 24.1 Å². The quantitative estimate of drug-likeness (QED) is 0.490. The van der Waals surface area contributed by atoms with Gasteiger partial charge in [0.05, 0.1) is 16.0 Å². The van der Waals surface area contributed by atoms with E-state index in [1.54, 1.807) is 40.9 Å². The van der Waals surface area contributed by atoms with Gasteiger partial charge in [0.15, 0.2) is 11.6 Å². The molecule has 1 fully saturated rings. The summed E-state index contributed by atoms with van der Waals surface area (Å²) in [5.41, 5.74) is -3.37. The molecule has 0 radical (unpaired) electrons. The average molecular weight is 520 g/mol. The molecule has 3 heterocycles. The van der Waals surface area contributed by atoms with E-state index in [1.807, 2.05) is 0 Å². The predicted molar refractivity (Wildman–Crippen MR) is 111 cm³/mol. The number of nitrogens with zero attached hydrogens (tertiary/aromatic N) is 6. The summed E-state index contributed by atoms with van der Waals surface area (Å²) in [5.74, 6) is 1.67. The molecule has 4 rings (SSSR count). The summed E-state index contributed by atoms with van der Waals surface area (Å²) in [6.45, 7) is 1.69. The first-order valence-corrected chi connectivity index (χ1v) is 11.6. The van der Waals surface area contributed by atoms with Crippen molar-refractivity contribution in [2.24, 2.45) is 0 Å². The maximum Gasteiger partial charge on any atom is 0.416 e. The number of aryl methyl sites for hydroxylation is 1. The van der Waals surface area contributed by atoms with Crippen molar-refractivity contribution in [3.63, 3.8) is 0 Å². The lowest BCUT2D eigenvalue weighted by atomic mass is 10.1. The Morgan fingerprint density at radius 3 is 1.83 bits per heavy atom. The van der Waals surface area contributed by atoms with E-state index in [4.69, 9.17) is 0 Å². The van der Waals surface area contributed by atoms with Crippen LogP contribution in [0.2, 0.25) is 0 Å². The number of alkyl halides is 6. The van der Waals surface area contributed by atoms with Gasteiger partial charge < -0.3 is 4.90 Å². The van der Waals surface area contributed by atoms with Gasteiger partial charge in [0.25, 0.3) is 0 Å². The topological polar surface area (TPSA) is 84.2 Å². The number of aromatic nitrogens is 4. The van der Waals surface area contributed by atoms with Gasteiger partial charge in [-0.25, -0.2) is 13.4 Å². The van der Waals surface area contributed by atoms with Crippen LogP contribution in [0.4, 0.5) is 32.2 Å². The summed E-state index contributed by atoms with van der Waals surface area (Å²) in [4.78, 5) is 4.75. The fourth-order valence-corrected chi connectivity index (χ4v) is 5.11. The second kappa shape index (κ2) is 8.78. The van der Waals surface area contributed by atoms with Gasteiger partial charge in [-0.15, -0.1) is 10.2 Å². The van der Waals surface area contributed by atoms with Crippen molar-refractivity contribution in [2.45, 2.75) is 24.2 Å². The van der Waals surface area contributed by atoms with Crippen LogP contribution in [0, 0.1) is 6.92 Å². The largest absolute Gasteiger partial charge is 0.416 e. The Bertz CT molecular complexity index is 1280. The number of sulfonamides is 1. The number of anilines is 1. The van der Waals surface area contributed by atoms with Gasteiger partial charge in [0, 0.05) is 38.6 Å². The van der Waals surface area contributed by atoms with Gasteiger partial charge in [-0.1, -0.05) is 0 Å². The molecule has 35 heavy (non-hydrogen) atoms. The highest BCUT2D eigenvalue weighted by Crippen LogP contribution is 2.38. The summed E-state index contributed by atoms with van der Waals surface area (Å²) in [7, 11) is -4.61. The molecule has 188 valence electrons. The summed E-state index contributed by atoms with van der Waals surface area (Å²) in [6, 6.07) is 3.71. The van der Waals surface area contributed by atoms with Crippen LogP contribution in [-0.4, -0.2) is 58.7 Å². The number of benzene rings is 1. The molecule has 0 N–H and O–H groups in total. The van der Waals surface area contributed by atoms with Gasteiger partial charge in [0.1, 0.15) is 5.82 Å². The zero-order chi connectivity index (χ0) is 25.6. The molecule has 0 aliphatic carbocycles. The zero-order valence-electron chi connectivity index (χ0n) is 18.0. The fraction of sp³-hybridized carbons (Fsp3) is 0.350. The highest BCUT2D eigenvalue weighted by Gasteiger charge is 2.39. The number of hydrogen-bond acceptors (Lipinski definition) is 6. The number of rotatable bonds is 4. The van der Waals surface area contributed by atoms with Crippen molar-refractivity contribution in [3.8, 4) is 5.82 Å². The summed E-state index contributed by atoms with van der Waals surface area (Å²) in [5, 5.41) is 8.26. The maximum atomic E-state index is 13.1. The van der Waals surface area contributed by atoms with Gasteiger partial charge in [-0.2, -0.15) is 30.6 Å². The monoisotopic (exact) mass is 520 g/mol. The molecule has 0 atom stereocenters. The Morgan fingerprint density at radius 1 is 0.829 bits per heavy atom. The first-order chi connectivity index (χ1) is 16.3. The van der Waals surface area contributed by atoms with Crippen molar-refractivity contribution in [3.05, 3.63) is 59.7 Å². The van der Waals surface area contributed by atoms with E-state index in [2.05, 4.69) is 15.2 Å². The van der Waals surface area contributed by atoms with Crippen LogP contribution in [0.3, 0.4) is 0 Å². The number of piperazine rings is 1. The van der Waals surface area contributed by atoms with Crippen molar-refractivity contribution in [1.29, 1.82) is 0 Å². The van der Waals surface area contributed by atoms with E-state index in [0.29, 0.717) is 17.5 Å². The van der Waals surface area contributed by atoms with Crippen LogP contribution >= 0.6 is 0 Å². The average Bonchev–Trinajstić information content (AvgIpc) is 3.23. The molecule has 0 spiro atoms. The Balaban J connectivity index is 1.53. The lowest BCUT2D eigenvalue weighted by molar-refractivity contribution is -0.143. The maximum absolute atomic E-state index is 13.1. The van der Waals surface area contributed by atoms with Gasteiger partial charge >= 0.3 is 12.4 Å². The van der Waals surface area contributed by atoms with E-state index in [9.17, 15) is 34.8 Å². The minimum absolute atomic E-state index is 0.107. The van der Waals surface area contributed by atoms with Crippen LogP contribution in [0.1, 0.15) is 17.0 Å². The molecule has 3 aromatic rings. The summed E-state index contributed by atoms with van der Waals surface area (Å²) >= 11 is 0. The predicted octanol–water partition coefficient (Wildman–Crippen LogP) is 3.52. The van der Waals surface area contributed by atoms with Crippen LogP contribution < -0.4 is 4.90 Å². The van der Waals surface area contributed by atoms with Crippen LogP contribution in [0.5, 0.6) is 0 Å². The number of imidazole rings is 1. The van der Waals surface area contributed by atoms with Crippen molar-refractivity contribution in [2.75, 3.05) is 31.1 Å². The molecule has 0 bridgehead atoms. The third-order valence-corrected chi connectivity index (χ3v) is 7.35. The molecule has 0 saturated carbocycles. The SMILES string of the molecule is Cc1nccn1-c1ccc(N2CCN(S(=O)(=O)c3cc(C(F)(F)F)cc(C(F)(F)F)c3)CC2)nn1. The van der Waals surface area contributed by atoms with Crippen LogP contribution in [0.15, 0.2) is 47.6 Å². The molecule has 0 unspecified atom stereocenters. The summed E-state index contributed by atoms with van der Waals surface area (Å²) in [6.07, 6.45) is -6.98. The van der Waals surface area contributed by atoms with E-state index < -0.39 is 38.4 Å². The molecule has 0 amide bonds. The van der Waals surface area contributed by atoms with Crippen molar-refractivity contribution >= 4 is 15.8 Å². The third-order valence-electron chi connectivity index (χ3n) is 5.47. The highest BCUT2D eigenvalue weighted by atomic mass is 32.2. The first-order valence-electron chi connectivity index (χ1n) is 10.2. The molecule has 8 nitrogen and oxygen atoms in total. The molecule has 2 aromatic heterocycles. The third kappa shape index (κ3) is 5.10. The van der Waals surface area contributed by atoms with Gasteiger partial charge in [-0.05, 0) is 37.3 Å². The Labute approximate surface area is 195 Å². The lowest BCUT2D eigenvalue weighted by Crippen LogP contribution is -2.49. The van der Waals surface area contributed by atoms with Gasteiger partial charge in [-0.3, -0.25) is 4.57 Å². The molecule has 15 heteroatoms. The minimum atomic E-state index is -5.15. The van der Waals surface area contributed by atoms with Gasteiger partial charge in [0.2, 0.25) is 10.0 Å². The molecule has 1 aliphatic heterocycles. The number of hydrogen-bond donors (Lipinski definition) is 0. The second-order valence-corrected chi connectivity index (χ2v) is 9.66. The molecular weight excluding hydrogens is 502 g/mol. The minimum Gasteiger partial charge on any atom is -0.352 e. The second-order valence-electron chi connectivity index (χ2n) is 7.73. The molecular formula is C20H18F6N6O2S. The van der Waals surface area contributed by atoms with Crippen LogP contribution in [0.25, 0.3) is 5.82 Å². The summed E-state index contributed by atoms with van der Waals surface area (Å²) < 4.78 is 107. The Hall–Kier alpha value is -3.20. The molecule has 1 aliphatic rings. The lowest BCUT2D eigenvalue weighted by Gasteiger charge is -2.34. The normalized spacial score (nSPS) is 16.0. The number of halogens is 6. The zero-order valence-corrected chi connectivity index (χ0v) is 18.9. The van der Waals surface area contributed by atoms with E-state index in [0.717, 1.165) is 4.31 Å². The standard InChI is InChI=1S/C20H18F6N6O2S/c1-13-27-4-5-32(13)18-3-2-17(28-29-18)30-6-8-31(9-7-30)35(33,34)16-11-14(19(21,22)23)10-15(12-16)20(24,25)26/h2-5,10-12H,6-9H2,1H3.